The number of aromatic hydroxyl groups is 2. The maximum absolute atomic E-state index is 11.6. The van der Waals surface area contributed by atoms with Gasteiger partial charge in [0, 0.05) is 31.7 Å². The zero-order valence-electron chi connectivity index (χ0n) is 13.8. The Bertz CT molecular complexity index is 535. The second kappa shape index (κ2) is 9.14. The summed E-state index contributed by atoms with van der Waals surface area (Å²) in [5.41, 5.74) is -0.468. The number of ether oxygens (including phenoxy) is 1. The molecule has 1 amide bonds. The van der Waals surface area contributed by atoms with Crippen molar-refractivity contribution in [2.45, 2.75) is 38.7 Å². The molecule has 9 nitrogen and oxygen atoms in total. The highest BCUT2D eigenvalue weighted by Gasteiger charge is 2.17. The number of nitrogens with one attached hydrogen (secondary N) is 1. The number of rotatable bonds is 10. The third kappa shape index (κ3) is 6.88. The summed E-state index contributed by atoms with van der Waals surface area (Å²) < 4.78 is 6.08. The summed E-state index contributed by atoms with van der Waals surface area (Å²) in [4.78, 5) is 27.9. The number of amides is 1. The Labute approximate surface area is 139 Å². The van der Waals surface area contributed by atoms with Crippen LogP contribution in [0, 0.1) is 0 Å². The molecule has 0 aliphatic heterocycles. The third-order valence-electron chi connectivity index (χ3n) is 3.18. The highest BCUT2D eigenvalue weighted by Crippen LogP contribution is 2.18. The van der Waals surface area contributed by atoms with Crippen LogP contribution in [0.15, 0.2) is 12.1 Å². The molecule has 0 aliphatic carbocycles. The lowest BCUT2D eigenvalue weighted by molar-refractivity contribution is -0.146. The van der Waals surface area contributed by atoms with Gasteiger partial charge in [-0.1, -0.05) is 0 Å². The molecule has 0 bridgehead atoms. The van der Waals surface area contributed by atoms with Crippen molar-refractivity contribution in [1.82, 2.24) is 10.0 Å². The Hall–Kier alpha value is -2.26. The van der Waals surface area contributed by atoms with Gasteiger partial charge in [-0.15, -0.1) is 4.73 Å². The lowest BCUT2D eigenvalue weighted by Gasteiger charge is -2.24. The molecule has 0 radical (unpaired) electrons. The molecule has 0 atom stereocenters. The molecule has 1 rings (SSSR count). The number of aliphatic hydroxyl groups excluding tert-OH is 1. The molecule has 136 valence electrons. The Morgan fingerprint density at radius 3 is 2.42 bits per heavy atom. The average molecular weight is 344 g/mol. The van der Waals surface area contributed by atoms with Crippen molar-refractivity contribution in [3.8, 4) is 11.8 Å². The van der Waals surface area contributed by atoms with Crippen LogP contribution >= 0.6 is 0 Å². The van der Waals surface area contributed by atoms with Gasteiger partial charge in [-0.05, 0) is 20.3 Å². The molecular formula is C15H24N2O7. The molecular weight excluding hydrogens is 320 g/mol. The maximum atomic E-state index is 11.6. The molecule has 0 saturated heterocycles. The van der Waals surface area contributed by atoms with E-state index < -0.39 is 23.3 Å². The molecule has 0 fully saturated rings. The molecule has 0 aromatic carbocycles. The summed E-state index contributed by atoms with van der Waals surface area (Å²) in [5.74, 6) is -1.97. The van der Waals surface area contributed by atoms with E-state index in [9.17, 15) is 19.8 Å². The van der Waals surface area contributed by atoms with E-state index in [0.29, 0.717) is 11.2 Å². The summed E-state index contributed by atoms with van der Waals surface area (Å²) in [6.07, 6.45) is 0.188. The quantitative estimate of drug-likeness (QED) is 0.437. The number of carbonyl (C=O) groups excluding carboxylic acids is 2. The second-order valence-electron chi connectivity index (χ2n) is 5.74. The van der Waals surface area contributed by atoms with Crippen LogP contribution in [0.25, 0.3) is 0 Å². The fourth-order valence-corrected chi connectivity index (χ4v) is 1.81. The van der Waals surface area contributed by atoms with Crippen LogP contribution < -0.4 is 10.2 Å². The van der Waals surface area contributed by atoms with Crippen LogP contribution in [0.1, 0.15) is 33.1 Å². The molecule has 0 spiro atoms. The topological polar surface area (TPSA) is 130 Å². The van der Waals surface area contributed by atoms with Crippen LogP contribution in [0.2, 0.25) is 0 Å². The molecule has 0 unspecified atom stereocenters. The number of aliphatic hydroxyl groups is 1. The summed E-state index contributed by atoms with van der Waals surface area (Å²) in [6.45, 7) is 4.27. The molecule has 0 saturated carbocycles. The Morgan fingerprint density at radius 1 is 1.21 bits per heavy atom. The predicted molar refractivity (Wildman–Crippen MR) is 83.3 cm³/mol. The van der Waals surface area contributed by atoms with Crippen molar-refractivity contribution in [3.05, 3.63) is 12.1 Å². The number of hydrogen-bond donors (Lipinski definition) is 4. The van der Waals surface area contributed by atoms with Crippen LogP contribution in [-0.2, 0) is 14.3 Å². The van der Waals surface area contributed by atoms with Crippen molar-refractivity contribution in [2.24, 2.45) is 0 Å². The average Bonchev–Trinajstić information content (AvgIpc) is 2.81. The van der Waals surface area contributed by atoms with Gasteiger partial charge in [-0.2, -0.15) is 0 Å². The fraction of sp³-hybridized carbons (Fsp3) is 0.600. The number of hydrogen-bond acceptors (Lipinski definition) is 7. The SMILES string of the molecule is CC(C)(CCO)OCCNC(=O)CCC(=O)On1c(O)ccc1O. The Morgan fingerprint density at radius 2 is 1.83 bits per heavy atom. The smallest absolute Gasteiger partial charge is 0.333 e. The summed E-state index contributed by atoms with van der Waals surface area (Å²) in [6, 6.07) is 2.32. The van der Waals surface area contributed by atoms with E-state index in [4.69, 9.17) is 14.7 Å². The summed E-state index contributed by atoms with van der Waals surface area (Å²) >= 11 is 0. The first-order valence-corrected chi connectivity index (χ1v) is 7.57. The highest BCUT2D eigenvalue weighted by molar-refractivity contribution is 5.81. The van der Waals surface area contributed by atoms with Crippen LogP contribution in [0.3, 0.4) is 0 Å². The summed E-state index contributed by atoms with van der Waals surface area (Å²) in [5, 5.41) is 30.1. The second-order valence-corrected chi connectivity index (χ2v) is 5.74. The molecule has 1 aromatic heterocycles. The van der Waals surface area contributed by atoms with E-state index in [1.807, 2.05) is 13.8 Å². The molecule has 9 heteroatoms. The van der Waals surface area contributed by atoms with Gasteiger partial charge in [0.2, 0.25) is 17.7 Å². The predicted octanol–water partition coefficient (Wildman–Crippen LogP) is -0.0715. The molecule has 1 heterocycles. The van der Waals surface area contributed by atoms with E-state index in [2.05, 4.69) is 5.32 Å². The van der Waals surface area contributed by atoms with Crippen LogP contribution in [0.5, 0.6) is 11.8 Å². The van der Waals surface area contributed by atoms with Gasteiger partial charge in [0.05, 0.1) is 18.6 Å². The van der Waals surface area contributed by atoms with E-state index in [1.165, 1.54) is 0 Å². The van der Waals surface area contributed by atoms with E-state index in [0.717, 1.165) is 12.1 Å². The number of aromatic nitrogens is 1. The van der Waals surface area contributed by atoms with Gasteiger partial charge in [-0.3, -0.25) is 4.79 Å². The normalized spacial score (nSPS) is 11.3. The van der Waals surface area contributed by atoms with Gasteiger partial charge in [0.25, 0.3) is 0 Å². The first-order chi connectivity index (χ1) is 11.2. The minimum atomic E-state index is -0.771. The molecule has 4 N–H and O–H groups in total. The minimum Gasteiger partial charge on any atom is -0.492 e. The van der Waals surface area contributed by atoms with Crippen LogP contribution in [-0.4, -0.2) is 57.3 Å². The first-order valence-electron chi connectivity index (χ1n) is 7.57. The van der Waals surface area contributed by atoms with Crippen molar-refractivity contribution in [3.63, 3.8) is 0 Å². The van der Waals surface area contributed by atoms with Gasteiger partial charge in [-0.25, -0.2) is 4.79 Å². The lowest BCUT2D eigenvalue weighted by Crippen LogP contribution is -2.33. The zero-order valence-corrected chi connectivity index (χ0v) is 13.8. The fourth-order valence-electron chi connectivity index (χ4n) is 1.81. The summed E-state index contributed by atoms with van der Waals surface area (Å²) in [7, 11) is 0. The van der Waals surface area contributed by atoms with Gasteiger partial charge in [0.1, 0.15) is 0 Å². The maximum Gasteiger partial charge on any atom is 0.333 e. The molecule has 0 aliphatic rings. The number of nitrogens with zero attached hydrogens (tertiary/aromatic N) is 1. The largest absolute Gasteiger partial charge is 0.492 e. The van der Waals surface area contributed by atoms with Gasteiger partial charge < -0.3 is 30.2 Å². The van der Waals surface area contributed by atoms with E-state index in [1.54, 1.807) is 0 Å². The van der Waals surface area contributed by atoms with E-state index >= 15 is 0 Å². The zero-order chi connectivity index (χ0) is 18.2. The lowest BCUT2D eigenvalue weighted by atomic mass is 10.1. The third-order valence-corrected chi connectivity index (χ3v) is 3.18. The van der Waals surface area contributed by atoms with Gasteiger partial charge >= 0.3 is 5.97 Å². The van der Waals surface area contributed by atoms with Crippen LogP contribution in [0.4, 0.5) is 0 Å². The minimum absolute atomic E-state index is 0.0218. The molecule has 1 aromatic rings. The Kier molecular flexibility index (Phi) is 7.53. The van der Waals surface area contributed by atoms with Crippen molar-refractivity contribution < 1.29 is 34.5 Å². The Balaban J connectivity index is 2.21. The van der Waals surface area contributed by atoms with Crippen molar-refractivity contribution >= 4 is 11.9 Å². The first kappa shape index (κ1) is 19.8. The van der Waals surface area contributed by atoms with Crippen molar-refractivity contribution in [2.75, 3.05) is 19.8 Å². The highest BCUT2D eigenvalue weighted by atomic mass is 16.7. The number of carbonyl (C=O) groups is 2. The van der Waals surface area contributed by atoms with Gasteiger partial charge in [0.15, 0.2) is 0 Å². The monoisotopic (exact) mass is 344 g/mol. The van der Waals surface area contributed by atoms with Crippen molar-refractivity contribution in [1.29, 1.82) is 0 Å². The molecule has 24 heavy (non-hydrogen) atoms. The van der Waals surface area contributed by atoms with E-state index in [-0.39, 0.29) is 38.5 Å². The standard InChI is InChI=1S/C15H24N2O7/c1-15(2,7-9-18)23-10-8-16-11(19)3-6-14(22)24-17-12(20)4-5-13(17)21/h4-5,18,20-21H,3,6-10H2,1-2H3,(H,16,19).